The lowest BCUT2D eigenvalue weighted by Crippen LogP contribution is -2.39. The van der Waals surface area contributed by atoms with Crippen LogP contribution in [0, 0.1) is 0 Å². The van der Waals surface area contributed by atoms with Gasteiger partial charge in [-0.1, -0.05) is 24.0 Å². The summed E-state index contributed by atoms with van der Waals surface area (Å²) in [6.07, 6.45) is -10.9. The van der Waals surface area contributed by atoms with E-state index in [4.69, 9.17) is 17.3 Å². The maximum atomic E-state index is 14.7. The molecular weight excluding hydrogens is 633 g/mol. The number of hydrogen-bond donors (Lipinski definition) is 2. The molecule has 0 aliphatic carbocycles. The van der Waals surface area contributed by atoms with Crippen molar-refractivity contribution in [2.45, 2.75) is 18.5 Å². The average molecular weight is 649 g/mol. The smallest absolute Gasteiger partial charge is 0.416 e. The Morgan fingerprint density at radius 3 is 2.12 bits per heavy atom. The van der Waals surface area contributed by atoms with Crippen molar-refractivity contribution in [2.24, 2.45) is 0 Å². The monoisotopic (exact) mass is 648 g/mol. The zero-order chi connectivity index (χ0) is 31.0. The quantitative estimate of drug-likeness (QED) is 0.159. The molecule has 2 heterocycles. The van der Waals surface area contributed by atoms with E-state index in [1.807, 2.05) is 0 Å². The molecule has 16 heteroatoms. The van der Waals surface area contributed by atoms with Crippen molar-refractivity contribution in [3.63, 3.8) is 0 Å². The van der Waals surface area contributed by atoms with Gasteiger partial charge in [0.25, 0.3) is 11.8 Å². The van der Waals surface area contributed by atoms with Gasteiger partial charge in [0.15, 0.2) is 6.17 Å². The van der Waals surface area contributed by atoms with Crippen LogP contribution in [0.3, 0.4) is 0 Å². The highest BCUT2D eigenvalue weighted by molar-refractivity contribution is 8.26. The molecule has 1 atom stereocenters. The Kier molecular flexibility index (Phi) is 8.80. The van der Waals surface area contributed by atoms with E-state index in [1.54, 1.807) is 0 Å². The number of carboxylic acids is 1. The first-order valence-electron chi connectivity index (χ1n) is 11.4. The van der Waals surface area contributed by atoms with Crippen LogP contribution in [-0.2, 0) is 21.9 Å². The van der Waals surface area contributed by atoms with Gasteiger partial charge in [0.1, 0.15) is 4.32 Å². The number of thioether (sulfide) groups is 1. The molecule has 1 aromatic heterocycles. The standard InChI is InChI=1S/C26H15F7N2O4S3/c27-19(21(36)34-17-3-1-12(2-4-17)23(38)39)10-35-22(37)20(42-24(35)40)9-18-7-14(11-41-18)13-5-15(25(28,29)30)8-16(6-13)26(31,32)33/h1-9,11,19H,10H2,(H,34,36)(H,38,39)/b20-9-. The molecule has 1 aliphatic heterocycles. The van der Waals surface area contributed by atoms with E-state index in [0.717, 1.165) is 28.0 Å². The molecule has 3 aromatic rings. The highest BCUT2D eigenvalue weighted by atomic mass is 32.2. The van der Waals surface area contributed by atoms with Gasteiger partial charge in [0.05, 0.1) is 28.1 Å². The first kappa shape index (κ1) is 31.2. The molecule has 0 radical (unpaired) electrons. The number of nitrogens with zero attached hydrogens (tertiary/aromatic N) is 1. The van der Waals surface area contributed by atoms with E-state index in [0.29, 0.717) is 17.0 Å². The number of aromatic carboxylic acids is 1. The largest absolute Gasteiger partial charge is 0.478 e. The second kappa shape index (κ2) is 11.9. The molecule has 6 nitrogen and oxygen atoms in total. The number of hydrogen-bond acceptors (Lipinski definition) is 6. The number of anilines is 1. The molecule has 1 fully saturated rings. The Morgan fingerprint density at radius 2 is 1.57 bits per heavy atom. The van der Waals surface area contributed by atoms with Gasteiger partial charge in [0.2, 0.25) is 0 Å². The molecule has 42 heavy (non-hydrogen) atoms. The lowest BCUT2D eigenvalue weighted by Gasteiger charge is -2.17. The van der Waals surface area contributed by atoms with Gasteiger partial charge in [0, 0.05) is 10.6 Å². The summed E-state index contributed by atoms with van der Waals surface area (Å²) in [7, 11) is 0. The Balaban J connectivity index is 1.48. The maximum absolute atomic E-state index is 14.7. The lowest BCUT2D eigenvalue weighted by molar-refractivity contribution is -0.143. The second-order valence-electron chi connectivity index (χ2n) is 8.66. The number of carboxylic acid groups (broad SMARTS) is 1. The second-order valence-corrected chi connectivity index (χ2v) is 11.3. The number of carbonyl (C=O) groups is 3. The minimum Gasteiger partial charge on any atom is -0.478 e. The molecular formula is C26H15F7N2O4S3. The Hall–Kier alpha value is -3.76. The highest BCUT2D eigenvalue weighted by Crippen LogP contribution is 2.40. The fourth-order valence-electron chi connectivity index (χ4n) is 3.65. The number of thiophene rings is 1. The van der Waals surface area contributed by atoms with Crippen LogP contribution in [0.25, 0.3) is 17.2 Å². The predicted molar refractivity (Wildman–Crippen MR) is 147 cm³/mol. The summed E-state index contributed by atoms with van der Waals surface area (Å²) in [4.78, 5) is 37.2. The highest BCUT2D eigenvalue weighted by Gasteiger charge is 2.38. The molecule has 2 aromatic carbocycles. The van der Waals surface area contributed by atoms with Gasteiger partial charge in [-0.15, -0.1) is 11.3 Å². The van der Waals surface area contributed by atoms with Crippen molar-refractivity contribution in [1.29, 1.82) is 0 Å². The summed E-state index contributed by atoms with van der Waals surface area (Å²) in [6.45, 7) is -0.735. The van der Waals surface area contributed by atoms with E-state index < -0.39 is 54.0 Å². The van der Waals surface area contributed by atoms with Crippen LogP contribution in [-0.4, -0.2) is 44.8 Å². The summed E-state index contributed by atoms with van der Waals surface area (Å²) in [5, 5.41) is 12.5. The zero-order valence-electron chi connectivity index (χ0n) is 20.5. The number of alkyl halides is 7. The van der Waals surface area contributed by atoms with E-state index >= 15 is 0 Å². The van der Waals surface area contributed by atoms with Crippen LogP contribution < -0.4 is 5.32 Å². The van der Waals surface area contributed by atoms with Gasteiger partial charge < -0.3 is 10.4 Å². The fourth-order valence-corrected chi connectivity index (χ4v) is 5.84. The van der Waals surface area contributed by atoms with Gasteiger partial charge in [-0.05, 0) is 71.1 Å². The van der Waals surface area contributed by atoms with E-state index in [9.17, 15) is 45.1 Å². The Labute approximate surface area is 245 Å². The molecule has 1 unspecified atom stereocenters. The predicted octanol–water partition coefficient (Wildman–Crippen LogP) is 7.33. The summed E-state index contributed by atoms with van der Waals surface area (Å²) in [5.41, 5.74) is -3.15. The van der Waals surface area contributed by atoms with Crippen molar-refractivity contribution in [1.82, 2.24) is 4.90 Å². The van der Waals surface area contributed by atoms with Crippen molar-refractivity contribution < 1.29 is 50.2 Å². The Morgan fingerprint density at radius 1 is 0.976 bits per heavy atom. The fraction of sp³-hybridized carbons (Fsp3) is 0.154. The van der Waals surface area contributed by atoms with Crippen molar-refractivity contribution in [3.05, 3.63) is 80.4 Å². The molecule has 220 valence electrons. The summed E-state index contributed by atoms with van der Waals surface area (Å²) in [6, 6.07) is 7.43. The third-order valence-electron chi connectivity index (χ3n) is 5.71. The van der Waals surface area contributed by atoms with Crippen LogP contribution in [0.15, 0.2) is 58.8 Å². The number of thiocarbonyl (C=S) groups is 1. The number of rotatable bonds is 7. The van der Waals surface area contributed by atoms with E-state index in [-0.39, 0.29) is 37.7 Å². The molecule has 0 saturated carbocycles. The molecule has 2 amide bonds. The number of nitrogens with one attached hydrogen (secondary N) is 1. The van der Waals surface area contributed by atoms with E-state index in [2.05, 4.69) is 5.32 Å². The van der Waals surface area contributed by atoms with Crippen LogP contribution in [0.1, 0.15) is 26.4 Å². The molecule has 0 spiro atoms. The third-order valence-corrected chi connectivity index (χ3v) is 7.97. The number of carbonyl (C=O) groups excluding carboxylic acids is 2. The van der Waals surface area contributed by atoms with Gasteiger partial charge in [-0.2, -0.15) is 26.3 Å². The first-order chi connectivity index (χ1) is 19.5. The Bertz CT molecular complexity index is 1570. The molecule has 0 bridgehead atoms. The first-order valence-corrected chi connectivity index (χ1v) is 13.6. The third kappa shape index (κ3) is 7.17. The van der Waals surface area contributed by atoms with Crippen LogP contribution in [0.2, 0.25) is 0 Å². The zero-order valence-corrected chi connectivity index (χ0v) is 23.0. The molecule has 1 aliphatic rings. The average Bonchev–Trinajstić information content (AvgIpc) is 3.48. The van der Waals surface area contributed by atoms with Crippen LogP contribution in [0.5, 0.6) is 0 Å². The van der Waals surface area contributed by atoms with Gasteiger partial charge in [-0.3, -0.25) is 14.5 Å². The van der Waals surface area contributed by atoms with Gasteiger partial charge in [-0.25, -0.2) is 9.18 Å². The lowest BCUT2D eigenvalue weighted by atomic mass is 10.0. The van der Waals surface area contributed by atoms with Crippen LogP contribution in [0.4, 0.5) is 36.4 Å². The molecule has 1 saturated heterocycles. The van der Waals surface area contributed by atoms with Crippen molar-refractivity contribution in [3.8, 4) is 11.1 Å². The minimum absolute atomic E-state index is 0.00490. The van der Waals surface area contributed by atoms with E-state index in [1.165, 1.54) is 41.8 Å². The molecule has 4 rings (SSSR count). The normalized spacial score (nSPS) is 15.8. The SMILES string of the molecule is O=C(O)c1ccc(NC(=O)C(F)CN2C(=O)/C(=C/c3cc(-c4cc(C(F)(F)F)cc(C(F)(F)F)c4)cs3)SC2=S)cc1. The number of halogens is 7. The molecule has 2 N–H and O–H groups in total. The van der Waals surface area contributed by atoms with Gasteiger partial charge >= 0.3 is 18.3 Å². The number of benzene rings is 2. The maximum Gasteiger partial charge on any atom is 0.416 e. The number of amides is 2. The van der Waals surface area contributed by atoms with Crippen molar-refractivity contribution >= 4 is 69.2 Å². The van der Waals surface area contributed by atoms with Crippen LogP contribution >= 0.6 is 35.3 Å². The summed E-state index contributed by atoms with van der Waals surface area (Å²) < 4.78 is 94.0. The summed E-state index contributed by atoms with van der Waals surface area (Å²) in [5.74, 6) is -3.05. The topological polar surface area (TPSA) is 86.7 Å². The van der Waals surface area contributed by atoms with Crippen molar-refractivity contribution in [2.75, 3.05) is 11.9 Å². The summed E-state index contributed by atoms with van der Waals surface area (Å²) >= 11 is 6.85. The minimum atomic E-state index is -5.01.